The van der Waals surface area contributed by atoms with Crippen LogP contribution in [0.5, 0.6) is 5.75 Å². The summed E-state index contributed by atoms with van der Waals surface area (Å²) in [7, 11) is 0. The molecule has 0 saturated carbocycles. The highest BCUT2D eigenvalue weighted by molar-refractivity contribution is 5.85. The van der Waals surface area contributed by atoms with Gasteiger partial charge in [0, 0.05) is 11.3 Å². The fraction of sp³-hybridized carbons (Fsp3) is 0.192. The van der Waals surface area contributed by atoms with Crippen LogP contribution in [-0.4, -0.2) is 27.2 Å². The molecule has 0 radical (unpaired) electrons. The molecular weight excluding hydrogens is 473 g/mol. The van der Waals surface area contributed by atoms with Gasteiger partial charge in [0.15, 0.2) is 5.82 Å². The molecular formula is C26H23F3N4O3. The minimum absolute atomic E-state index is 0.323. The first-order chi connectivity index (χ1) is 17.1. The highest BCUT2D eigenvalue weighted by Gasteiger charge is 2.31. The molecule has 0 bridgehead atoms. The first-order valence-electron chi connectivity index (χ1n) is 11.0. The third-order valence-electron chi connectivity index (χ3n) is 5.45. The Hall–Kier alpha value is -4.34. The lowest BCUT2D eigenvalue weighted by atomic mass is 9.99. The Morgan fingerprint density at radius 2 is 1.61 bits per heavy atom. The molecule has 4 aromatic rings. The van der Waals surface area contributed by atoms with Crippen molar-refractivity contribution in [3.05, 3.63) is 89.7 Å². The van der Waals surface area contributed by atoms with Crippen LogP contribution in [0.1, 0.15) is 29.7 Å². The normalized spacial score (nSPS) is 12.2. The number of hydrogen-bond acceptors (Lipinski definition) is 5. The standard InChI is InChI=1S/C26H23F3N4O3/c1-16-5-4-6-17(2)23(16)18(3)35-25(34)31-20-9-7-19(8-10-20)24-30-15-33(32-24)21-11-13-22(14-12-21)36-26(27,28)29/h4-15,18H,1-3H3,(H,31,34). The van der Waals surface area contributed by atoms with Crippen molar-refractivity contribution in [2.45, 2.75) is 33.2 Å². The van der Waals surface area contributed by atoms with Crippen LogP contribution in [0.4, 0.5) is 23.7 Å². The van der Waals surface area contributed by atoms with E-state index in [1.54, 1.807) is 24.3 Å². The highest BCUT2D eigenvalue weighted by Crippen LogP contribution is 2.26. The Kier molecular flexibility index (Phi) is 6.96. The van der Waals surface area contributed by atoms with E-state index in [-0.39, 0.29) is 5.75 Å². The molecule has 0 fully saturated rings. The number of amides is 1. The molecule has 1 amide bonds. The number of carbonyl (C=O) groups is 1. The Labute approximate surface area is 205 Å². The largest absolute Gasteiger partial charge is 0.573 e. The lowest BCUT2D eigenvalue weighted by Gasteiger charge is -2.18. The molecule has 1 atom stereocenters. The lowest BCUT2D eigenvalue weighted by Crippen LogP contribution is -2.17. The van der Waals surface area contributed by atoms with Crippen LogP contribution in [0.2, 0.25) is 0 Å². The number of hydrogen-bond donors (Lipinski definition) is 1. The molecule has 1 aromatic heterocycles. The van der Waals surface area contributed by atoms with Crippen LogP contribution < -0.4 is 10.1 Å². The van der Waals surface area contributed by atoms with Crippen molar-refractivity contribution in [2.75, 3.05) is 5.32 Å². The Morgan fingerprint density at radius 3 is 2.22 bits per heavy atom. The van der Waals surface area contributed by atoms with Gasteiger partial charge < -0.3 is 9.47 Å². The van der Waals surface area contributed by atoms with E-state index < -0.39 is 18.6 Å². The van der Waals surface area contributed by atoms with Crippen LogP contribution in [-0.2, 0) is 4.74 Å². The summed E-state index contributed by atoms with van der Waals surface area (Å²) in [5.41, 5.74) is 4.83. The topological polar surface area (TPSA) is 78.3 Å². The number of alkyl halides is 3. The molecule has 0 aliphatic heterocycles. The molecule has 0 aliphatic rings. The van der Waals surface area contributed by atoms with Gasteiger partial charge in [0.25, 0.3) is 0 Å². The van der Waals surface area contributed by atoms with E-state index in [1.165, 1.54) is 35.3 Å². The molecule has 186 valence electrons. The molecule has 0 saturated heterocycles. The Bertz CT molecular complexity index is 1330. The van der Waals surface area contributed by atoms with E-state index in [1.807, 2.05) is 39.0 Å². The van der Waals surface area contributed by atoms with Gasteiger partial charge in [-0.2, -0.15) is 0 Å². The minimum Gasteiger partial charge on any atom is -0.441 e. The van der Waals surface area contributed by atoms with E-state index in [4.69, 9.17) is 4.74 Å². The van der Waals surface area contributed by atoms with Crippen LogP contribution in [0, 0.1) is 13.8 Å². The number of halogens is 3. The van der Waals surface area contributed by atoms with Gasteiger partial charge in [0.2, 0.25) is 0 Å². The number of benzene rings is 3. The average molecular weight is 496 g/mol. The van der Waals surface area contributed by atoms with Gasteiger partial charge in [-0.1, -0.05) is 18.2 Å². The number of rotatable bonds is 6. The molecule has 1 N–H and O–H groups in total. The molecule has 0 aliphatic carbocycles. The number of nitrogens with one attached hydrogen (secondary N) is 1. The van der Waals surface area contributed by atoms with Gasteiger partial charge in [-0.05, 0) is 86.0 Å². The smallest absolute Gasteiger partial charge is 0.441 e. The van der Waals surface area contributed by atoms with Crippen molar-refractivity contribution in [3.63, 3.8) is 0 Å². The van der Waals surface area contributed by atoms with E-state index in [0.717, 1.165) is 16.7 Å². The molecule has 4 rings (SSSR count). The first-order valence-corrected chi connectivity index (χ1v) is 11.0. The van der Waals surface area contributed by atoms with E-state index >= 15 is 0 Å². The third kappa shape index (κ3) is 6.01. The quantitative estimate of drug-likeness (QED) is 0.319. The number of carbonyl (C=O) groups excluding carboxylic acids is 1. The summed E-state index contributed by atoms with van der Waals surface area (Å²) in [5.74, 6) is 0.0834. The van der Waals surface area contributed by atoms with Crippen molar-refractivity contribution in [2.24, 2.45) is 0 Å². The number of anilines is 1. The van der Waals surface area contributed by atoms with Gasteiger partial charge in [-0.3, -0.25) is 5.32 Å². The second-order valence-corrected chi connectivity index (χ2v) is 8.11. The van der Waals surface area contributed by atoms with Crippen molar-refractivity contribution in [1.82, 2.24) is 14.8 Å². The van der Waals surface area contributed by atoms with Crippen molar-refractivity contribution < 1.29 is 27.4 Å². The van der Waals surface area contributed by atoms with Crippen molar-refractivity contribution in [1.29, 1.82) is 0 Å². The van der Waals surface area contributed by atoms with E-state index in [0.29, 0.717) is 22.8 Å². The van der Waals surface area contributed by atoms with Gasteiger partial charge in [0.1, 0.15) is 18.2 Å². The molecule has 0 spiro atoms. The number of nitrogens with zero attached hydrogens (tertiary/aromatic N) is 3. The Morgan fingerprint density at radius 1 is 0.972 bits per heavy atom. The van der Waals surface area contributed by atoms with Crippen LogP contribution in [0.15, 0.2) is 73.1 Å². The van der Waals surface area contributed by atoms with E-state index in [2.05, 4.69) is 20.1 Å². The lowest BCUT2D eigenvalue weighted by molar-refractivity contribution is -0.274. The summed E-state index contributed by atoms with van der Waals surface area (Å²) < 4.78 is 47.9. The average Bonchev–Trinajstić information content (AvgIpc) is 3.29. The minimum atomic E-state index is -4.75. The molecule has 36 heavy (non-hydrogen) atoms. The van der Waals surface area contributed by atoms with Gasteiger partial charge in [0.05, 0.1) is 5.69 Å². The fourth-order valence-corrected chi connectivity index (χ4v) is 3.86. The van der Waals surface area contributed by atoms with Gasteiger partial charge in [-0.25, -0.2) is 14.5 Å². The predicted molar refractivity (Wildman–Crippen MR) is 128 cm³/mol. The molecule has 1 unspecified atom stereocenters. The maximum absolute atomic E-state index is 12.4. The SMILES string of the molecule is Cc1cccc(C)c1C(C)OC(=O)Nc1ccc(-c2ncn(-c3ccc(OC(F)(F)F)cc3)n2)cc1. The highest BCUT2D eigenvalue weighted by atomic mass is 19.4. The zero-order valence-corrected chi connectivity index (χ0v) is 19.7. The van der Waals surface area contributed by atoms with Crippen LogP contribution in [0.3, 0.4) is 0 Å². The number of aromatic nitrogens is 3. The first kappa shape index (κ1) is 24.8. The second-order valence-electron chi connectivity index (χ2n) is 8.11. The third-order valence-corrected chi connectivity index (χ3v) is 5.45. The number of ether oxygens (including phenoxy) is 2. The van der Waals surface area contributed by atoms with Gasteiger partial charge >= 0.3 is 12.5 Å². The summed E-state index contributed by atoms with van der Waals surface area (Å²) in [5, 5.41) is 7.08. The summed E-state index contributed by atoms with van der Waals surface area (Å²) in [6, 6.07) is 18.1. The van der Waals surface area contributed by atoms with Gasteiger partial charge in [-0.15, -0.1) is 18.3 Å². The maximum Gasteiger partial charge on any atom is 0.573 e. The molecule has 3 aromatic carbocycles. The molecule has 10 heteroatoms. The summed E-state index contributed by atoms with van der Waals surface area (Å²) in [4.78, 5) is 16.7. The fourth-order valence-electron chi connectivity index (χ4n) is 3.86. The van der Waals surface area contributed by atoms with Crippen molar-refractivity contribution >= 4 is 11.8 Å². The number of aryl methyl sites for hydroxylation is 2. The summed E-state index contributed by atoms with van der Waals surface area (Å²) in [6.45, 7) is 5.79. The zero-order valence-electron chi connectivity index (χ0n) is 19.7. The summed E-state index contributed by atoms with van der Waals surface area (Å²) >= 11 is 0. The second kappa shape index (κ2) is 10.1. The summed E-state index contributed by atoms with van der Waals surface area (Å²) in [6.07, 6.45) is -4.28. The Balaban J connectivity index is 1.38. The zero-order chi connectivity index (χ0) is 25.9. The predicted octanol–water partition coefficient (Wildman–Crippen LogP) is 6.76. The van der Waals surface area contributed by atoms with Crippen molar-refractivity contribution in [3.8, 4) is 22.8 Å². The molecule has 1 heterocycles. The maximum atomic E-state index is 12.4. The monoisotopic (exact) mass is 496 g/mol. The van der Waals surface area contributed by atoms with Crippen LogP contribution in [0.25, 0.3) is 17.1 Å². The van der Waals surface area contributed by atoms with E-state index in [9.17, 15) is 18.0 Å². The van der Waals surface area contributed by atoms with Crippen LogP contribution >= 0.6 is 0 Å². The molecule has 7 nitrogen and oxygen atoms in total.